The van der Waals surface area contributed by atoms with Gasteiger partial charge in [0, 0.05) is 5.41 Å². The van der Waals surface area contributed by atoms with Crippen LogP contribution in [0.15, 0.2) is 0 Å². The zero-order valence-electron chi connectivity index (χ0n) is 9.35. The number of carbonyl (C=O) groups excluding carboxylic acids is 2. The quantitative estimate of drug-likeness (QED) is 0.348. The van der Waals surface area contributed by atoms with Crippen molar-refractivity contribution < 1.29 is 42.5 Å². The maximum Gasteiger partial charge on any atom is 0.415 e. The Kier molecular flexibility index (Phi) is 4.48. The molecule has 0 aromatic heterocycles. The normalized spacial score (nSPS) is 22.7. The number of ether oxygens (including phenoxy) is 2. The molecule has 0 radical (unpaired) electrons. The first-order valence-corrected chi connectivity index (χ1v) is 5.36. The molecule has 1 atom stereocenters. The van der Waals surface area contributed by atoms with Crippen molar-refractivity contribution in [2.75, 3.05) is 6.61 Å². The molecule has 0 aliphatic carbocycles. The SMILES string of the molecule is CC1(C)COC(=O)C1OC(=O)C(F)(F)SOOO. The van der Waals surface area contributed by atoms with E-state index in [1.165, 1.54) is 13.8 Å². The van der Waals surface area contributed by atoms with Gasteiger partial charge in [0.1, 0.15) is 18.6 Å². The van der Waals surface area contributed by atoms with Crippen molar-refractivity contribution in [3.8, 4) is 0 Å². The molecule has 1 heterocycles. The summed E-state index contributed by atoms with van der Waals surface area (Å²) in [6.07, 6.45) is -1.42. The van der Waals surface area contributed by atoms with Crippen molar-refractivity contribution in [2.45, 2.75) is 25.2 Å². The van der Waals surface area contributed by atoms with Crippen LogP contribution < -0.4 is 0 Å². The molecule has 1 saturated heterocycles. The predicted molar refractivity (Wildman–Crippen MR) is 52.0 cm³/mol. The molecule has 0 amide bonds. The van der Waals surface area contributed by atoms with E-state index in [1.807, 2.05) is 0 Å². The van der Waals surface area contributed by atoms with E-state index < -0.39 is 40.8 Å². The Morgan fingerprint density at radius 3 is 2.67 bits per heavy atom. The Morgan fingerprint density at radius 1 is 1.61 bits per heavy atom. The molecule has 1 fully saturated rings. The van der Waals surface area contributed by atoms with Gasteiger partial charge in [0.05, 0.1) is 0 Å². The van der Waals surface area contributed by atoms with Gasteiger partial charge in [-0.05, 0) is 0 Å². The molecule has 18 heavy (non-hydrogen) atoms. The van der Waals surface area contributed by atoms with Crippen LogP contribution in [-0.4, -0.2) is 35.2 Å². The molecule has 104 valence electrons. The summed E-state index contributed by atoms with van der Waals surface area (Å²) in [4.78, 5) is 22.4. The highest BCUT2D eigenvalue weighted by atomic mass is 32.2. The van der Waals surface area contributed by atoms with Crippen molar-refractivity contribution in [3.05, 3.63) is 0 Å². The Morgan fingerprint density at radius 2 is 2.22 bits per heavy atom. The first-order chi connectivity index (χ1) is 8.20. The lowest BCUT2D eigenvalue weighted by molar-refractivity contribution is -0.433. The lowest BCUT2D eigenvalue weighted by Crippen LogP contribution is -2.39. The standard InChI is InChI=1S/C8H10F2O7S/c1-7(2)3-14-5(11)4(7)15-6(12)8(9,10)18-17-16-13/h4,13H,3H2,1-2H3. The number of hydrogen-bond donors (Lipinski definition) is 1. The predicted octanol–water partition coefficient (Wildman–Crippen LogP) is 1.14. The number of hydrogen-bond acceptors (Lipinski definition) is 8. The Bertz CT molecular complexity index is 346. The van der Waals surface area contributed by atoms with Gasteiger partial charge in [0.2, 0.25) is 6.10 Å². The summed E-state index contributed by atoms with van der Waals surface area (Å²) >= 11 is -0.761. The number of esters is 2. The largest absolute Gasteiger partial charge is 0.462 e. The highest BCUT2D eigenvalue weighted by Gasteiger charge is 2.52. The second-order valence-corrected chi connectivity index (χ2v) is 4.94. The molecular formula is C8H10F2O7S. The van der Waals surface area contributed by atoms with E-state index in [1.54, 1.807) is 0 Å². The molecule has 1 N–H and O–H groups in total. The third kappa shape index (κ3) is 3.28. The van der Waals surface area contributed by atoms with Crippen LogP contribution in [0.5, 0.6) is 0 Å². The number of alkyl halides is 2. The van der Waals surface area contributed by atoms with Gasteiger partial charge in [0.15, 0.2) is 0 Å². The van der Waals surface area contributed by atoms with E-state index in [4.69, 9.17) is 5.26 Å². The van der Waals surface area contributed by atoms with Crippen molar-refractivity contribution in [1.82, 2.24) is 0 Å². The number of halogens is 2. The minimum absolute atomic E-state index is 0.0429. The number of rotatable bonds is 5. The van der Waals surface area contributed by atoms with Crippen LogP contribution in [0.3, 0.4) is 0 Å². The van der Waals surface area contributed by atoms with E-state index in [-0.39, 0.29) is 6.61 Å². The van der Waals surface area contributed by atoms with E-state index in [0.29, 0.717) is 0 Å². The molecule has 0 saturated carbocycles. The second kappa shape index (κ2) is 5.34. The zero-order valence-corrected chi connectivity index (χ0v) is 10.2. The lowest BCUT2D eigenvalue weighted by atomic mass is 9.90. The summed E-state index contributed by atoms with van der Waals surface area (Å²) in [5.41, 5.74) is -0.901. The van der Waals surface area contributed by atoms with Crippen molar-refractivity contribution in [1.29, 1.82) is 0 Å². The average molecular weight is 288 g/mol. The Hall–Kier alpha value is -0.970. The maximum atomic E-state index is 13.1. The Balaban J connectivity index is 2.66. The van der Waals surface area contributed by atoms with Gasteiger partial charge in [-0.25, -0.2) is 14.8 Å². The van der Waals surface area contributed by atoms with Gasteiger partial charge >= 0.3 is 17.2 Å². The number of carbonyl (C=O) groups is 2. The van der Waals surface area contributed by atoms with Gasteiger partial charge in [-0.2, -0.15) is 8.78 Å². The third-order valence-electron chi connectivity index (χ3n) is 2.14. The first kappa shape index (κ1) is 15.1. The molecule has 0 aromatic rings. The maximum absolute atomic E-state index is 13.1. The van der Waals surface area contributed by atoms with E-state index in [9.17, 15) is 18.4 Å². The molecule has 1 aliphatic heterocycles. The third-order valence-corrected chi connectivity index (χ3v) is 2.65. The molecule has 1 rings (SSSR count). The highest BCUT2D eigenvalue weighted by Crippen LogP contribution is 2.36. The topological polar surface area (TPSA) is 91.3 Å². The Labute approximate surface area is 104 Å². The molecule has 0 bridgehead atoms. The van der Waals surface area contributed by atoms with Crippen LogP contribution in [0.25, 0.3) is 0 Å². The highest BCUT2D eigenvalue weighted by molar-refractivity contribution is 7.96. The van der Waals surface area contributed by atoms with Crippen molar-refractivity contribution in [3.63, 3.8) is 0 Å². The van der Waals surface area contributed by atoms with Crippen LogP contribution in [0, 0.1) is 5.41 Å². The molecule has 0 aromatic carbocycles. The van der Waals surface area contributed by atoms with Gasteiger partial charge < -0.3 is 9.47 Å². The van der Waals surface area contributed by atoms with Crippen LogP contribution in [0.2, 0.25) is 0 Å². The molecule has 10 heteroatoms. The van der Waals surface area contributed by atoms with Gasteiger partial charge in [-0.3, -0.25) is 0 Å². The minimum Gasteiger partial charge on any atom is -0.462 e. The average Bonchev–Trinajstić information content (AvgIpc) is 2.53. The minimum atomic E-state index is -4.14. The first-order valence-electron chi connectivity index (χ1n) is 4.62. The molecular weight excluding hydrogens is 278 g/mol. The summed E-state index contributed by atoms with van der Waals surface area (Å²) in [5, 5.41) is 6.52. The van der Waals surface area contributed by atoms with Gasteiger partial charge in [0.25, 0.3) is 0 Å². The van der Waals surface area contributed by atoms with Crippen LogP contribution in [0.1, 0.15) is 13.8 Å². The zero-order chi connectivity index (χ0) is 14.0. The van der Waals surface area contributed by atoms with Crippen LogP contribution >= 0.6 is 12.0 Å². The smallest absolute Gasteiger partial charge is 0.415 e. The van der Waals surface area contributed by atoms with Gasteiger partial charge in [-0.1, -0.05) is 18.9 Å². The lowest BCUT2D eigenvalue weighted by Gasteiger charge is -2.23. The number of cyclic esters (lactones) is 1. The van der Waals surface area contributed by atoms with Crippen LogP contribution in [0.4, 0.5) is 8.78 Å². The molecule has 7 nitrogen and oxygen atoms in total. The summed E-state index contributed by atoms with van der Waals surface area (Å²) in [7, 11) is 0. The monoisotopic (exact) mass is 288 g/mol. The summed E-state index contributed by atoms with van der Waals surface area (Å²) in [6, 6.07) is 0. The summed E-state index contributed by atoms with van der Waals surface area (Å²) in [5.74, 6) is -2.89. The molecule has 1 unspecified atom stereocenters. The fourth-order valence-corrected chi connectivity index (χ4v) is 1.43. The second-order valence-electron chi connectivity index (χ2n) is 4.12. The van der Waals surface area contributed by atoms with E-state index in [0.717, 1.165) is 0 Å². The van der Waals surface area contributed by atoms with Crippen molar-refractivity contribution in [2.24, 2.45) is 5.41 Å². The van der Waals surface area contributed by atoms with E-state index >= 15 is 0 Å². The van der Waals surface area contributed by atoms with Crippen LogP contribution in [-0.2, 0) is 28.4 Å². The summed E-state index contributed by atoms with van der Waals surface area (Å²) in [6.45, 7) is 3.00. The van der Waals surface area contributed by atoms with E-state index in [2.05, 4.69) is 18.8 Å². The molecule has 1 aliphatic rings. The molecule has 0 spiro atoms. The fraction of sp³-hybridized carbons (Fsp3) is 0.750. The fourth-order valence-electron chi connectivity index (χ4n) is 1.20. The summed E-state index contributed by atoms with van der Waals surface area (Å²) < 4.78 is 38.6. The van der Waals surface area contributed by atoms with Crippen molar-refractivity contribution >= 4 is 24.0 Å². The van der Waals surface area contributed by atoms with Gasteiger partial charge in [-0.15, -0.1) is 4.33 Å².